The van der Waals surface area contributed by atoms with Crippen LogP contribution in [0.4, 0.5) is 19.0 Å². The van der Waals surface area contributed by atoms with Crippen molar-refractivity contribution in [2.45, 2.75) is 18.3 Å². The first-order valence-corrected chi connectivity index (χ1v) is 9.77. The van der Waals surface area contributed by atoms with Gasteiger partial charge in [-0.2, -0.15) is 13.2 Å². The molecule has 0 aromatic carbocycles. The van der Waals surface area contributed by atoms with Crippen LogP contribution < -0.4 is 4.90 Å². The van der Waals surface area contributed by atoms with Gasteiger partial charge in [0.05, 0.1) is 16.3 Å². The lowest BCUT2D eigenvalue weighted by Gasteiger charge is -2.35. The molecule has 1 saturated heterocycles. The van der Waals surface area contributed by atoms with E-state index in [2.05, 4.69) is 15.2 Å². The number of halogens is 4. The first-order chi connectivity index (χ1) is 13.2. The Morgan fingerprint density at radius 1 is 1.25 bits per heavy atom. The van der Waals surface area contributed by atoms with Crippen molar-refractivity contribution < 1.29 is 18.0 Å². The average molecular weight is 435 g/mol. The molecular formula is C16H18ClF3N6OS. The van der Waals surface area contributed by atoms with Crippen molar-refractivity contribution in [3.8, 4) is 0 Å². The molecule has 1 amide bonds. The van der Waals surface area contributed by atoms with Crippen LogP contribution in [0.1, 0.15) is 11.4 Å². The molecular weight excluding hydrogens is 417 g/mol. The van der Waals surface area contributed by atoms with Gasteiger partial charge in [-0.1, -0.05) is 23.4 Å². The molecule has 7 nitrogen and oxygen atoms in total. The van der Waals surface area contributed by atoms with Crippen LogP contribution in [-0.4, -0.2) is 62.5 Å². The highest BCUT2D eigenvalue weighted by atomic mass is 35.5. The van der Waals surface area contributed by atoms with Gasteiger partial charge in [0.15, 0.2) is 5.16 Å². The zero-order chi connectivity index (χ0) is 20.5. The van der Waals surface area contributed by atoms with Gasteiger partial charge in [0.25, 0.3) is 0 Å². The third-order valence-electron chi connectivity index (χ3n) is 4.46. The van der Waals surface area contributed by atoms with Gasteiger partial charge in [0.2, 0.25) is 5.91 Å². The van der Waals surface area contributed by atoms with E-state index in [9.17, 15) is 18.0 Å². The van der Waals surface area contributed by atoms with Crippen molar-refractivity contribution in [2.24, 2.45) is 7.05 Å². The van der Waals surface area contributed by atoms with Crippen molar-refractivity contribution in [3.05, 3.63) is 28.7 Å². The monoisotopic (exact) mass is 434 g/mol. The molecule has 1 aliphatic heterocycles. The van der Waals surface area contributed by atoms with Gasteiger partial charge in [-0.15, -0.1) is 10.2 Å². The SMILES string of the molecule is Cc1nnc(SCC(=O)N2CCN(c3ncc(C(F)(F)F)cc3Cl)CC2)n1C. The second-order valence-electron chi connectivity index (χ2n) is 6.27. The third kappa shape index (κ3) is 4.52. The highest BCUT2D eigenvalue weighted by Crippen LogP contribution is 2.33. The lowest BCUT2D eigenvalue weighted by Crippen LogP contribution is -2.49. The fourth-order valence-electron chi connectivity index (χ4n) is 2.72. The fraction of sp³-hybridized carbons (Fsp3) is 0.500. The minimum absolute atomic E-state index is 0.0308. The number of aromatic nitrogens is 4. The summed E-state index contributed by atoms with van der Waals surface area (Å²) in [6.45, 7) is 3.60. The number of carbonyl (C=O) groups excluding carboxylic acids is 1. The molecule has 3 rings (SSSR count). The van der Waals surface area contributed by atoms with E-state index in [1.165, 1.54) is 11.8 Å². The molecule has 152 valence electrons. The molecule has 28 heavy (non-hydrogen) atoms. The van der Waals surface area contributed by atoms with Crippen LogP contribution >= 0.6 is 23.4 Å². The summed E-state index contributed by atoms with van der Waals surface area (Å²) in [5.74, 6) is 1.28. The van der Waals surface area contributed by atoms with Crippen LogP contribution in [0, 0.1) is 6.92 Å². The predicted octanol–water partition coefficient (Wildman–Crippen LogP) is 2.63. The molecule has 2 aromatic heterocycles. The minimum Gasteiger partial charge on any atom is -0.352 e. The number of piperazine rings is 1. The van der Waals surface area contributed by atoms with Crippen molar-refractivity contribution in [2.75, 3.05) is 36.8 Å². The second kappa shape index (κ2) is 8.16. The third-order valence-corrected chi connectivity index (χ3v) is 5.74. The number of carbonyl (C=O) groups is 1. The van der Waals surface area contributed by atoms with Gasteiger partial charge in [0, 0.05) is 39.4 Å². The maximum atomic E-state index is 12.7. The quantitative estimate of drug-likeness (QED) is 0.689. The van der Waals surface area contributed by atoms with E-state index in [-0.39, 0.29) is 16.7 Å². The predicted molar refractivity (Wildman–Crippen MR) is 99.5 cm³/mol. The molecule has 1 aliphatic rings. The number of anilines is 1. The van der Waals surface area contributed by atoms with Crippen LogP contribution in [0.25, 0.3) is 0 Å². The number of nitrogens with zero attached hydrogens (tertiary/aromatic N) is 6. The highest BCUT2D eigenvalue weighted by molar-refractivity contribution is 7.99. The number of alkyl halides is 3. The topological polar surface area (TPSA) is 67.2 Å². The van der Waals surface area contributed by atoms with Crippen molar-refractivity contribution >= 4 is 35.1 Å². The maximum absolute atomic E-state index is 12.7. The number of pyridine rings is 1. The highest BCUT2D eigenvalue weighted by Gasteiger charge is 2.32. The van der Waals surface area contributed by atoms with Gasteiger partial charge >= 0.3 is 6.18 Å². The number of hydrogen-bond donors (Lipinski definition) is 0. The summed E-state index contributed by atoms with van der Waals surface area (Å²) in [6, 6.07) is 0.876. The zero-order valence-electron chi connectivity index (χ0n) is 15.2. The van der Waals surface area contributed by atoms with Crippen LogP contribution in [-0.2, 0) is 18.0 Å². The summed E-state index contributed by atoms with van der Waals surface area (Å²) in [4.78, 5) is 19.8. The molecule has 0 atom stereocenters. The molecule has 1 fully saturated rings. The van der Waals surface area contributed by atoms with Crippen molar-refractivity contribution in [3.63, 3.8) is 0 Å². The average Bonchev–Trinajstić information content (AvgIpc) is 2.97. The lowest BCUT2D eigenvalue weighted by molar-refractivity contribution is -0.137. The number of thioether (sulfide) groups is 1. The van der Waals surface area contributed by atoms with E-state index in [0.29, 0.717) is 37.2 Å². The Balaban J connectivity index is 1.55. The van der Waals surface area contributed by atoms with Crippen LogP contribution in [0.3, 0.4) is 0 Å². The largest absolute Gasteiger partial charge is 0.417 e. The molecule has 0 spiro atoms. The number of amides is 1. The van der Waals surface area contributed by atoms with E-state index in [0.717, 1.165) is 18.1 Å². The summed E-state index contributed by atoms with van der Waals surface area (Å²) < 4.78 is 40.0. The molecule has 3 heterocycles. The first kappa shape index (κ1) is 20.7. The zero-order valence-corrected chi connectivity index (χ0v) is 16.8. The normalized spacial score (nSPS) is 15.2. The molecule has 0 radical (unpaired) electrons. The van der Waals surface area contributed by atoms with E-state index in [4.69, 9.17) is 11.6 Å². The number of aryl methyl sites for hydroxylation is 1. The van der Waals surface area contributed by atoms with Gasteiger partial charge in [-0.05, 0) is 13.0 Å². The van der Waals surface area contributed by atoms with E-state index < -0.39 is 11.7 Å². The molecule has 12 heteroatoms. The molecule has 0 saturated carbocycles. The minimum atomic E-state index is -4.49. The molecule has 2 aromatic rings. The fourth-order valence-corrected chi connectivity index (χ4v) is 3.86. The molecule has 0 N–H and O–H groups in total. The van der Waals surface area contributed by atoms with E-state index >= 15 is 0 Å². The van der Waals surface area contributed by atoms with Gasteiger partial charge in [-0.25, -0.2) is 4.98 Å². The van der Waals surface area contributed by atoms with Crippen LogP contribution in [0.2, 0.25) is 5.02 Å². The smallest absolute Gasteiger partial charge is 0.352 e. The summed E-state index contributed by atoms with van der Waals surface area (Å²) in [5, 5.41) is 8.58. The Labute approximate surface area is 168 Å². The van der Waals surface area contributed by atoms with E-state index in [1.807, 2.05) is 18.5 Å². The molecule has 0 unspecified atom stereocenters. The Bertz CT molecular complexity index is 867. The standard InChI is InChI=1S/C16H18ClF3N6OS/c1-10-22-23-15(24(10)2)28-9-13(27)25-3-5-26(6-4-25)14-12(17)7-11(8-21-14)16(18,19)20/h7-8H,3-6,9H2,1-2H3. The second-order valence-corrected chi connectivity index (χ2v) is 7.62. The summed E-state index contributed by atoms with van der Waals surface area (Å²) in [6.07, 6.45) is -3.71. The number of hydrogen-bond acceptors (Lipinski definition) is 6. The van der Waals surface area contributed by atoms with Crippen LogP contribution in [0.15, 0.2) is 17.4 Å². The van der Waals surface area contributed by atoms with Gasteiger partial charge < -0.3 is 14.4 Å². The van der Waals surface area contributed by atoms with Crippen LogP contribution in [0.5, 0.6) is 0 Å². The lowest BCUT2D eigenvalue weighted by atomic mass is 10.2. The van der Waals surface area contributed by atoms with Crippen molar-refractivity contribution in [1.29, 1.82) is 0 Å². The maximum Gasteiger partial charge on any atom is 0.417 e. The van der Waals surface area contributed by atoms with Gasteiger partial charge in [0.1, 0.15) is 11.6 Å². The summed E-state index contributed by atoms with van der Waals surface area (Å²) >= 11 is 7.32. The van der Waals surface area contributed by atoms with Crippen molar-refractivity contribution in [1.82, 2.24) is 24.6 Å². The Hall–Kier alpha value is -2.01. The Kier molecular flexibility index (Phi) is 6.04. The Morgan fingerprint density at radius 3 is 2.46 bits per heavy atom. The van der Waals surface area contributed by atoms with E-state index in [1.54, 1.807) is 9.80 Å². The first-order valence-electron chi connectivity index (χ1n) is 8.41. The van der Waals surface area contributed by atoms with Gasteiger partial charge in [-0.3, -0.25) is 4.79 Å². The summed E-state index contributed by atoms with van der Waals surface area (Å²) in [7, 11) is 1.84. The molecule has 0 aliphatic carbocycles. The number of rotatable bonds is 4. The molecule has 0 bridgehead atoms. The summed E-state index contributed by atoms with van der Waals surface area (Å²) in [5.41, 5.74) is -0.883. The Morgan fingerprint density at radius 2 is 1.93 bits per heavy atom.